The fourth-order valence-electron chi connectivity index (χ4n) is 3.13. The van der Waals surface area contributed by atoms with Crippen molar-refractivity contribution in [2.75, 3.05) is 5.32 Å². The van der Waals surface area contributed by atoms with Crippen LogP contribution >= 0.6 is 22.7 Å². The number of anilines is 1. The highest BCUT2D eigenvalue weighted by molar-refractivity contribution is 7.15. The molecule has 0 aliphatic carbocycles. The molecule has 0 saturated carbocycles. The lowest BCUT2D eigenvalue weighted by atomic mass is 10.1. The number of fused-ring (bicyclic) bond motifs is 1. The van der Waals surface area contributed by atoms with Gasteiger partial charge in [-0.2, -0.15) is 0 Å². The lowest BCUT2D eigenvalue weighted by Crippen LogP contribution is -2.13. The van der Waals surface area contributed by atoms with Gasteiger partial charge in [0.25, 0.3) is 11.6 Å². The highest BCUT2D eigenvalue weighted by Crippen LogP contribution is 2.30. The Morgan fingerprint density at radius 2 is 2.00 bits per heavy atom. The number of hydrogen-bond acceptors (Lipinski definition) is 8. The number of rotatable bonds is 5. The van der Waals surface area contributed by atoms with E-state index in [9.17, 15) is 4.79 Å². The molecule has 7 nitrogen and oxygen atoms in total. The molecule has 0 unspecified atom stereocenters. The molecule has 4 heterocycles. The van der Waals surface area contributed by atoms with Crippen molar-refractivity contribution in [2.24, 2.45) is 0 Å². The molecule has 0 atom stereocenters. The summed E-state index contributed by atoms with van der Waals surface area (Å²) >= 11 is 2.90. The highest BCUT2D eigenvalue weighted by atomic mass is 32.1. The van der Waals surface area contributed by atoms with E-state index in [0.717, 1.165) is 15.4 Å². The molecule has 0 aliphatic heterocycles. The average molecular weight is 434 g/mol. The zero-order valence-electron chi connectivity index (χ0n) is 15.8. The molecule has 148 valence electrons. The number of carbonyl (C=O) groups is 1. The van der Waals surface area contributed by atoms with Gasteiger partial charge in [-0.3, -0.25) is 10.1 Å². The number of aromatic nitrogens is 4. The first-order valence-electron chi connectivity index (χ1n) is 9.16. The van der Waals surface area contributed by atoms with Crippen molar-refractivity contribution in [1.82, 2.24) is 20.3 Å². The summed E-state index contributed by atoms with van der Waals surface area (Å²) in [5, 5.41) is 19.0. The predicted molar refractivity (Wildman–Crippen MR) is 117 cm³/mol. The first-order valence-corrected chi connectivity index (χ1v) is 10.9. The van der Waals surface area contributed by atoms with Gasteiger partial charge in [0, 0.05) is 6.42 Å². The molecule has 0 spiro atoms. The zero-order chi connectivity index (χ0) is 20.5. The second-order valence-electron chi connectivity index (χ2n) is 6.60. The first-order chi connectivity index (χ1) is 14.7. The highest BCUT2D eigenvalue weighted by Gasteiger charge is 2.21. The fraction of sp³-hybridized carbons (Fsp3) is 0.0952. The molecular formula is C21H15N5O2S2. The Hall–Kier alpha value is -3.43. The minimum absolute atomic E-state index is 0.297. The SMILES string of the molecule is Cc1noc2nc(-c3cccs3)cc(C(=O)Nc3nnc(Cc4ccccc4)s3)c12. The van der Waals surface area contributed by atoms with Crippen LogP contribution in [0.5, 0.6) is 0 Å². The standard InChI is InChI=1S/C21H15N5O2S2/c1-12-18-14(11-15(16-8-5-9-29-16)22-20(18)28-26-12)19(27)23-21-25-24-17(30-21)10-13-6-3-2-4-7-13/h2-9,11H,10H2,1H3,(H,23,25,27). The molecule has 1 amide bonds. The molecule has 0 fully saturated rings. The van der Waals surface area contributed by atoms with E-state index in [-0.39, 0.29) is 5.91 Å². The third-order valence-corrected chi connectivity index (χ3v) is 6.25. The maximum Gasteiger partial charge on any atom is 0.259 e. The van der Waals surface area contributed by atoms with Gasteiger partial charge in [-0.25, -0.2) is 4.98 Å². The van der Waals surface area contributed by atoms with Crippen molar-refractivity contribution < 1.29 is 9.32 Å². The molecule has 5 rings (SSSR count). The van der Waals surface area contributed by atoms with E-state index in [1.807, 2.05) is 47.8 Å². The summed E-state index contributed by atoms with van der Waals surface area (Å²) in [5.74, 6) is -0.297. The quantitative estimate of drug-likeness (QED) is 0.421. The minimum Gasteiger partial charge on any atom is -0.335 e. The summed E-state index contributed by atoms with van der Waals surface area (Å²) in [5.41, 5.74) is 3.21. The maximum absolute atomic E-state index is 13.1. The Balaban J connectivity index is 1.44. The number of benzene rings is 1. The number of hydrogen-bond donors (Lipinski definition) is 1. The van der Waals surface area contributed by atoms with E-state index in [1.165, 1.54) is 11.3 Å². The van der Waals surface area contributed by atoms with Crippen LogP contribution in [-0.4, -0.2) is 26.2 Å². The van der Waals surface area contributed by atoms with E-state index in [2.05, 4.69) is 25.7 Å². The lowest BCUT2D eigenvalue weighted by Gasteiger charge is -2.05. The molecule has 1 aromatic carbocycles. The number of nitrogens with one attached hydrogen (secondary N) is 1. The predicted octanol–water partition coefficient (Wildman–Crippen LogP) is 4.95. The van der Waals surface area contributed by atoms with Gasteiger partial charge in [0.15, 0.2) is 0 Å². The number of carbonyl (C=O) groups excluding carboxylic acids is 1. The number of thiophene rings is 1. The van der Waals surface area contributed by atoms with Crippen LogP contribution in [0.3, 0.4) is 0 Å². The first kappa shape index (κ1) is 18.6. The molecular weight excluding hydrogens is 418 g/mol. The number of pyridine rings is 1. The monoisotopic (exact) mass is 433 g/mol. The second kappa shape index (κ2) is 7.77. The van der Waals surface area contributed by atoms with Gasteiger partial charge < -0.3 is 4.52 Å². The number of amides is 1. The van der Waals surface area contributed by atoms with Crippen LogP contribution in [0.4, 0.5) is 5.13 Å². The van der Waals surface area contributed by atoms with Gasteiger partial charge >= 0.3 is 0 Å². The van der Waals surface area contributed by atoms with Crippen LogP contribution in [0, 0.1) is 6.92 Å². The van der Waals surface area contributed by atoms with Gasteiger partial charge in [0.05, 0.1) is 27.2 Å². The molecule has 30 heavy (non-hydrogen) atoms. The van der Waals surface area contributed by atoms with E-state index in [0.29, 0.717) is 39.6 Å². The summed E-state index contributed by atoms with van der Waals surface area (Å²) < 4.78 is 5.34. The topological polar surface area (TPSA) is 93.8 Å². The van der Waals surface area contributed by atoms with Crippen molar-refractivity contribution in [3.8, 4) is 10.6 Å². The third-order valence-electron chi connectivity index (χ3n) is 4.52. The van der Waals surface area contributed by atoms with Crippen molar-refractivity contribution in [2.45, 2.75) is 13.3 Å². The van der Waals surface area contributed by atoms with Gasteiger partial charge in [-0.05, 0) is 30.0 Å². The van der Waals surface area contributed by atoms with Gasteiger partial charge in [0.2, 0.25) is 5.13 Å². The van der Waals surface area contributed by atoms with Crippen LogP contribution in [0.15, 0.2) is 58.4 Å². The molecule has 0 radical (unpaired) electrons. The number of nitrogens with zero attached hydrogens (tertiary/aromatic N) is 4. The zero-order valence-corrected chi connectivity index (χ0v) is 17.5. The normalized spacial score (nSPS) is 11.1. The lowest BCUT2D eigenvalue weighted by molar-refractivity contribution is 0.102. The van der Waals surface area contributed by atoms with Crippen LogP contribution in [-0.2, 0) is 6.42 Å². The smallest absolute Gasteiger partial charge is 0.259 e. The van der Waals surface area contributed by atoms with Crippen LogP contribution < -0.4 is 5.32 Å². The fourth-order valence-corrected chi connectivity index (χ4v) is 4.59. The van der Waals surface area contributed by atoms with Crippen LogP contribution in [0.2, 0.25) is 0 Å². The summed E-state index contributed by atoms with van der Waals surface area (Å²) in [6.45, 7) is 1.79. The van der Waals surface area contributed by atoms with Crippen molar-refractivity contribution in [1.29, 1.82) is 0 Å². The summed E-state index contributed by atoms with van der Waals surface area (Å²) in [7, 11) is 0. The van der Waals surface area contributed by atoms with Gasteiger partial charge in [0.1, 0.15) is 5.01 Å². The molecule has 0 bridgehead atoms. The van der Waals surface area contributed by atoms with Crippen molar-refractivity contribution in [3.05, 3.63) is 75.7 Å². The van der Waals surface area contributed by atoms with Gasteiger partial charge in [-0.1, -0.05) is 52.9 Å². The van der Waals surface area contributed by atoms with E-state index in [4.69, 9.17) is 4.52 Å². The van der Waals surface area contributed by atoms with Gasteiger partial charge in [-0.15, -0.1) is 21.5 Å². The van der Waals surface area contributed by atoms with Crippen LogP contribution in [0.25, 0.3) is 21.7 Å². The number of aryl methyl sites for hydroxylation is 1. The molecule has 0 saturated heterocycles. The summed E-state index contributed by atoms with van der Waals surface area (Å²) in [6, 6.07) is 15.7. The Kier molecular flexibility index (Phi) is 4.82. The van der Waals surface area contributed by atoms with E-state index in [1.54, 1.807) is 24.3 Å². The van der Waals surface area contributed by atoms with E-state index < -0.39 is 0 Å². The van der Waals surface area contributed by atoms with Crippen molar-refractivity contribution >= 4 is 44.8 Å². The van der Waals surface area contributed by atoms with Crippen LogP contribution in [0.1, 0.15) is 26.6 Å². The van der Waals surface area contributed by atoms with Crippen molar-refractivity contribution in [3.63, 3.8) is 0 Å². The summed E-state index contributed by atoms with van der Waals surface area (Å²) in [6.07, 6.45) is 0.668. The molecule has 0 aliphatic rings. The molecule has 9 heteroatoms. The Labute approximate surface area is 179 Å². The largest absolute Gasteiger partial charge is 0.335 e. The molecule has 1 N–H and O–H groups in total. The van der Waals surface area contributed by atoms with E-state index >= 15 is 0 Å². The second-order valence-corrected chi connectivity index (χ2v) is 8.61. The maximum atomic E-state index is 13.1. The molecule has 4 aromatic heterocycles. The Morgan fingerprint density at radius 3 is 2.80 bits per heavy atom. The minimum atomic E-state index is -0.297. The average Bonchev–Trinajstić information content (AvgIpc) is 3.51. The Bertz CT molecular complexity index is 1330. The summed E-state index contributed by atoms with van der Waals surface area (Å²) in [4.78, 5) is 18.6. The molecule has 5 aromatic rings. The Morgan fingerprint density at radius 1 is 1.13 bits per heavy atom. The third kappa shape index (κ3) is 3.60.